The molecule has 2 aliphatic rings. The third-order valence-electron chi connectivity index (χ3n) is 4.57. The highest BCUT2D eigenvalue weighted by molar-refractivity contribution is 5.90. The molecule has 4 heteroatoms. The van der Waals surface area contributed by atoms with Crippen molar-refractivity contribution in [2.24, 2.45) is 16.2 Å². The Hall–Kier alpha value is -1.06. The fourth-order valence-corrected chi connectivity index (χ4v) is 5.04. The number of nitrogens with one attached hydrogen (secondary N) is 1. The molecular weight excluding hydrogens is 254 g/mol. The van der Waals surface area contributed by atoms with E-state index < -0.39 is 6.04 Å². The molecule has 1 saturated heterocycles. The predicted molar refractivity (Wildman–Crippen MR) is 77.0 cm³/mol. The van der Waals surface area contributed by atoms with Gasteiger partial charge in [0.1, 0.15) is 6.04 Å². The average Bonchev–Trinajstić information content (AvgIpc) is 2.49. The molecule has 1 unspecified atom stereocenters. The molecule has 1 spiro atoms. The molecule has 0 aromatic heterocycles. The summed E-state index contributed by atoms with van der Waals surface area (Å²) in [6.45, 7) is 11.1. The molecule has 4 nitrogen and oxygen atoms in total. The molecule has 0 aromatic rings. The summed E-state index contributed by atoms with van der Waals surface area (Å²) in [5.41, 5.74) is -0.00776. The van der Waals surface area contributed by atoms with Gasteiger partial charge < -0.3 is 10.1 Å². The first-order valence-corrected chi connectivity index (χ1v) is 7.55. The van der Waals surface area contributed by atoms with Crippen molar-refractivity contribution in [2.75, 3.05) is 6.61 Å². The first-order chi connectivity index (χ1) is 9.09. The van der Waals surface area contributed by atoms with Gasteiger partial charge in [-0.25, -0.2) is 4.79 Å². The maximum absolute atomic E-state index is 12.2. The predicted octanol–water partition coefficient (Wildman–Crippen LogP) is 2.66. The highest BCUT2D eigenvalue weighted by atomic mass is 16.5. The van der Waals surface area contributed by atoms with Gasteiger partial charge in [0.2, 0.25) is 5.91 Å². The van der Waals surface area contributed by atoms with Crippen LogP contribution in [0.5, 0.6) is 0 Å². The average molecular weight is 281 g/mol. The van der Waals surface area contributed by atoms with Gasteiger partial charge in [0.15, 0.2) is 0 Å². The minimum Gasteiger partial charge on any atom is -0.464 e. The van der Waals surface area contributed by atoms with Gasteiger partial charge in [-0.15, -0.1) is 0 Å². The van der Waals surface area contributed by atoms with E-state index in [0.717, 1.165) is 19.3 Å². The van der Waals surface area contributed by atoms with E-state index in [-0.39, 0.29) is 28.1 Å². The topological polar surface area (TPSA) is 55.4 Å². The largest absolute Gasteiger partial charge is 0.464 e. The van der Waals surface area contributed by atoms with Crippen LogP contribution in [0.4, 0.5) is 0 Å². The van der Waals surface area contributed by atoms with Crippen LogP contribution in [0.25, 0.3) is 0 Å². The molecule has 1 N–H and O–H groups in total. The number of ether oxygens (including phenoxy) is 1. The molecule has 1 saturated carbocycles. The maximum Gasteiger partial charge on any atom is 0.329 e. The summed E-state index contributed by atoms with van der Waals surface area (Å²) < 4.78 is 5.18. The molecule has 1 heterocycles. The van der Waals surface area contributed by atoms with E-state index in [1.54, 1.807) is 6.92 Å². The molecule has 20 heavy (non-hydrogen) atoms. The van der Waals surface area contributed by atoms with Crippen molar-refractivity contribution >= 4 is 11.9 Å². The Bertz CT molecular complexity index is 409. The normalized spacial score (nSPS) is 30.1. The van der Waals surface area contributed by atoms with Gasteiger partial charge in [0.05, 0.1) is 6.61 Å². The number of rotatable bonds is 2. The van der Waals surface area contributed by atoms with Crippen LogP contribution in [0.1, 0.15) is 60.3 Å². The van der Waals surface area contributed by atoms with Crippen molar-refractivity contribution in [3.05, 3.63) is 0 Å². The van der Waals surface area contributed by atoms with E-state index >= 15 is 0 Å². The smallest absolute Gasteiger partial charge is 0.329 e. The van der Waals surface area contributed by atoms with Crippen LogP contribution in [0.2, 0.25) is 0 Å². The van der Waals surface area contributed by atoms with Crippen LogP contribution in [0, 0.1) is 16.2 Å². The van der Waals surface area contributed by atoms with E-state index in [4.69, 9.17) is 4.74 Å². The van der Waals surface area contributed by atoms with E-state index in [1.807, 2.05) is 0 Å². The van der Waals surface area contributed by atoms with Gasteiger partial charge in [-0.05, 0) is 37.0 Å². The van der Waals surface area contributed by atoms with Crippen molar-refractivity contribution in [3.63, 3.8) is 0 Å². The van der Waals surface area contributed by atoms with Gasteiger partial charge in [-0.1, -0.05) is 27.7 Å². The third-order valence-corrected chi connectivity index (χ3v) is 4.57. The van der Waals surface area contributed by atoms with Gasteiger partial charge in [-0.2, -0.15) is 0 Å². The van der Waals surface area contributed by atoms with Crippen LogP contribution in [-0.2, 0) is 14.3 Å². The molecular formula is C16H27NO3. The molecule has 1 aliphatic heterocycles. The summed E-state index contributed by atoms with van der Waals surface area (Å²) in [7, 11) is 0. The van der Waals surface area contributed by atoms with Gasteiger partial charge in [-0.3, -0.25) is 4.79 Å². The van der Waals surface area contributed by atoms with Crippen LogP contribution >= 0.6 is 0 Å². The van der Waals surface area contributed by atoms with Crippen LogP contribution in [0.3, 0.4) is 0 Å². The molecule has 0 aromatic carbocycles. The molecule has 0 radical (unpaired) electrons. The molecule has 1 amide bonds. The fourth-order valence-electron chi connectivity index (χ4n) is 5.04. The van der Waals surface area contributed by atoms with E-state index in [2.05, 4.69) is 33.0 Å². The van der Waals surface area contributed by atoms with Gasteiger partial charge in [0, 0.05) is 11.8 Å². The number of amides is 1. The summed E-state index contributed by atoms with van der Waals surface area (Å²) >= 11 is 0. The van der Waals surface area contributed by atoms with Crippen LogP contribution in [0.15, 0.2) is 0 Å². The summed E-state index contributed by atoms with van der Waals surface area (Å²) in [6, 6.07) is -0.478. The Morgan fingerprint density at radius 2 is 1.75 bits per heavy atom. The maximum atomic E-state index is 12.2. The zero-order valence-electron chi connectivity index (χ0n) is 13.3. The zero-order valence-corrected chi connectivity index (χ0v) is 13.3. The molecule has 2 rings (SSSR count). The first kappa shape index (κ1) is 15.3. The first-order valence-electron chi connectivity index (χ1n) is 7.55. The van der Waals surface area contributed by atoms with E-state index in [0.29, 0.717) is 13.0 Å². The Kier molecular flexibility index (Phi) is 3.64. The Morgan fingerprint density at radius 1 is 1.20 bits per heavy atom. The Balaban J connectivity index is 2.34. The summed E-state index contributed by atoms with van der Waals surface area (Å²) in [4.78, 5) is 24.2. The minimum absolute atomic E-state index is 0.0171. The summed E-state index contributed by atoms with van der Waals surface area (Å²) in [6.07, 6.45) is 3.35. The van der Waals surface area contributed by atoms with Gasteiger partial charge in [0.25, 0.3) is 0 Å². The third kappa shape index (κ3) is 2.84. The fraction of sp³-hybridized carbons (Fsp3) is 0.875. The second-order valence-electron chi connectivity index (χ2n) is 8.15. The summed E-state index contributed by atoms with van der Waals surface area (Å²) in [5.74, 6) is -0.289. The van der Waals surface area contributed by atoms with E-state index in [9.17, 15) is 9.59 Å². The highest BCUT2D eigenvalue weighted by Gasteiger charge is 2.58. The van der Waals surface area contributed by atoms with Crippen molar-refractivity contribution in [3.8, 4) is 0 Å². The van der Waals surface area contributed by atoms with Crippen molar-refractivity contribution in [1.29, 1.82) is 0 Å². The lowest BCUT2D eigenvalue weighted by Gasteiger charge is -2.51. The Labute approximate surface area is 121 Å². The van der Waals surface area contributed by atoms with Crippen molar-refractivity contribution in [2.45, 2.75) is 66.3 Å². The number of carbonyl (C=O) groups excluding carboxylic acids is 2. The molecule has 1 aliphatic carbocycles. The van der Waals surface area contributed by atoms with Crippen molar-refractivity contribution < 1.29 is 14.3 Å². The zero-order chi connectivity index (χ0) is 15.2. The molecule has 1 atom stereocenters. The number of carbonyl (C=O) groups is 2. The number of hydrogen-bond donors (Lipinski definition) is 1. The highest BCUT2D eigenvalue weighted by Crippen LogP contribution is 2.58. The second-order valence-corrected chi connectivity index (χ2v) is 8.15. The molecule has 114 valence electrons. The minimum atomic E-state index is -0.478. The Morgan fingerprint density at radius 3 is 2.25 bits per heavy atom. The van der Waals surface area contributed by atoms with Crippen LogP contribution < -0.4 is 5.32 Å². The quantitative estimate of drug-likeness (QED) is 0.792. The second kappa shape index (κ2) is 4.74. The molecule has 2 fully saturated rings. The number of esters is 1. The van der Waals surface area contributed by atoms with Crippen molar-refractivity contribution in [1.82, 2.24) is 5.32 Å². The van der Waals surface area contributed by atoms with E-state index in [1.165, 1.54) is 0 Å². The van der Waals surface area contributed by atoms with Crippen LogP contribution in [-0.4, -0.2) is 24.5 Å². The number of hydrogen-bond acceptors (Lipinski definition) is 3. The lowest BCUT2D eigenvalue weighted by molar-refractivity contribution is -0.151. The summed E-state index contributed by atoms with van der Waals surface area (Å²) in [5, 5.41) is 2.86. The lowest BCUT2D eigenvalue weighted by atomic mass is 9.53. The lowest BCUT2D eigenvalue weighted by Crippen LogP contribution is -2.51. The monoisotopic (exact) mass is 281 g/mol. The molecule has 0 bridgehead atoms. The van der Waals surface area contributed by atoms with Gasteiger partial charge >= 0.3 is 5.97 Å². The SMILES string of the molecule is CCOC(=O)C1NC(=O)CC12CC(C)(C)CC(C)(C)C2. The standard InChI is InChI=1S/C16H27NO3/c1-6-20-13(19)12-16(7-11(18)17-12)9-14(2,3)8-15(4,5)10-16/h12H,6-10H2,1-5H3,(H,17,18).